The van der Waals surface area contributed by atoms with Gasteiger partial charge in [0.1, 0.15) is 0 Å². The van der Waals surface area contributed by atoms with E-state index in [4.69, 9.17) is 5.11 Å². The van der Waals surface area contributed by atoms with Crippen molar-refractivity contribution in [1.29, 1.82) is 0 Å². The number of nitrogens with zero attached hydrogens (tertiary/aromatic N) is 4. The maximum atomic E-state index is 12.6. The van der Waals surface area contributed by atoms with Crippen molar-refractivity contribution >= 4 is 5.91 Å². The molecule has 1 aromatic heterocycles. The number of hydrogen-bond donors (Lipinski definition) is 1. The van der Waals surface area contributed by atoms with E-state index in [0.29, 0.717) is 24.3 Å². The third-order valence-corrected chi connectivity index (χ3v) is 3.06. The standard InChI is InChI=1S/C14H18N4O2/c1-3-17(8-9-19)14(20)12-10-11(2)4-5-13(12)18-15-6-7-16-18/h4-7,10,19H,3,8-9H2,1-2H3. The molecule has 0 saturated carbocycles. The summed E-state index contributed by atoms with van der Waals surface area (Å²) < 4.78 is 0. The summed E-state index contributed by atoms with van der Waals surface area (Å²) in [6.45, 7) is 4.61. The molecule has 106 valence electrons. The highest BCUT2D eigenvalue weighted by Gasteiger charge is 2.19. The van der Waals surface area contributed by atoms with Gasteiger partial charge in [0.25, 0.3) is 5.91 Å². The second-order valence-corrected chi connectivity index (χ2v) is 4.45. The molecule has 1 amide bonds. The Morgan fingerprint density at radius 1 is 1.35 bits per heavy atom. The van der Waals surface area contributed by atoms with Gasteiger partial charge in [-0.05, 0) is 26.0 Å². The van der Waals surface area contributed by atoms with E-state index < -0.39 is 0 Å². The minimum absolute atomic E-state index is 0.0548. The highest BCUT2D eigenvalue weighted by molar-refractivity contribution is 5.97. The van der Waals surface area contributed by atoms with Crippen molar-refractivity contribution in [2.75, 3.05) is 19.7 Å². The molecule has 0 fully saturated rings. The zero-order valence-corrected chi connectivity index (χ0v) is 11.7. The first-order valence-electron chi connectivity index (χ1n) is 6.54. The second-order valence-electron chi connectivity index (χ2n) is 4.45. The zero-order chi connectivity index (χ0) is 14.5. The molecule has 0 spiro atoms. The lowest BCUT2D eigenvalue weighted by atomic mass is 10.1. The van der Waals surface area contributed by atoms with E-state index in [-0.39, 0.29) is 12.5 Å². The highest BCUT2D eigenvalue weighted by atomic mass is 16.3. The number of aliphatic hydroxyl groups excluding tert-OH is 1. The molecule has 1 aromatic carbocycles. The molecule has 0 bridgehead atoms. The predicted molar refractivity (Wildman–Crippen MR) is 74.8 cm³/mol. The summed E-state index contributed by atoms with van der Waals surface area (Å²) in [5.41, 5.74) is 2.17. The summed E-state index contributed by atoms with van der Waals surface area (Å²) in [5, 5.41) is 17.2. The number of likely N-dealkylation sites (N-methyl/N-ethyl adjacent to an activating group) is 1. The van der Waals surface area contributed by atoms with Crippen molar-refractivity contribution in [3.8, 4) is 5.69 Å². The van der Waals surface area contributed by atoms with Crippen molar-refractivity contribution in [2.45, 2.75) is 13.8 Å². The van der Waals surface area contributed by atoms with Crippen LogP contribution in [0.15, 0.2) is 30.6 Å². The predicted octanol–water partition coefficient (Wildman–Crippen LogP) is 1.03. The first kappa shape index (κ1) is 14.2. The van der Waals surface area contributed by atoms with Crippen LogP contribution in [0.5, 0.6) is 0 Å². The third kappa shape index (κ3) is 2.85. The van der Waals surface area contributed by atoms with Gasteiger partial charge >= 0.3 is 0 Å². The van der Waals surface area contributed by atoms with Crippen LogP contribution in [0.25, 0.3) is 5.69 Å². The molecule has 0 saturated heterocycles. The Kier molecular flexibility index (Phi) is 4.47. The summed E-state index contributed by atoms with van der Waals surface area (Å²) in [4.78, 5) is 15.6. The van der Waals surface area contributed by atoms with Crippen molar-refractivity contribution in [1.82, 2.24) is 19.9 Å². The van der Waals surface area contributed by atoms with Gasteiger partial charge in [-0.15, -0.1) is 0 Å². The number of carbonyl (C=O) groups excluding carboxylic acids is 1. The molecular weight excluding hydrogens is 256 g/mol. The topological polar surface area (TPSA) is 71.2 Å². The Morgan fingerprint density at radius 3 is 2.65 bits per heavy atom. The lowest BCUT2D eigenvalue weighted by molar-refractivity contribution is 0.0731. The van der Waals surface area contributed by atoms with Gasteiger partial charge in [0.2, 0.25) is 0 Å². The van der Waals surface area contributed by atoms with Gasteiger partial charge in [-0.2, -0.15) is 15.0 Å². The quantitative estimate of drug-likeness (QED) is 0.884. The number of amides is 1. The Bertz CT molecular complexity index is 581. The van der Waals surface area contributed by atoms with Gasteiger partial charge in [-0.1, -0.05) is 11.6 Å². The molecule has 2 aromatic rings. The number of carbonyl (C=O) groups is 1. The second kappa shape index (κ2) is 6.29. The van der Waals surface area contributed by atoms with Crippen LogP contribution in [-0.2, 0) is 0 Å². The molecule has 1 heterocycles. The van der Waals surface area contributed by atoms with Crippen LogP contribution in [0.1, 0.15) is 22.8 Å². The average Bonchev–Trinajstić information content (AvgIpc) is 2.98. The van der Waals surface area contributed by atoms with Crippen molar-refractivity contribution in [2.24, 2.45) is 0 Å². The molecular formula is C14H18N4O2. The van der Waals surface area contributed by atoms with Crippen LogP contribution in [-0.4, -0.2) is 50.6 Å². The molecule has 0 aliphatic carbocycles. The van der Waals surface area contributed by atoms with Gasteiger partial charge < -0.3 is 10.0 Å². The van der Waals surface area contributed by atoms with E-state index in [1.165, 1.54) is 4.80 Å². The number of hydrogen-bond acceptors (Lipinski definition) is 4. The van der Waals surface area contributed by atoms with Gasteiger partial charge in [0, 0.05) is 13.1 Å². The Hall–Kier alpha value is -2.21. The van der Waals surface area contributed by atoms with Crippen LogP contribution in [0.4, 0.5) is 0 Å². The van der Waals surface area contributed by atoms with E-state index in [0.717, 1.165) is 5.56 Å². The third-order valence-electron chi connectivity index (χ3n) is 3.06. The van der Waals surface area contributed by atoms with E-state index in [9.17, 15) is 4.79 Å². The van der Waals surface area contributed by atoms with Crippen LogP contribution in [0.2, 0.25) is 0 Å². The zero-order valence-electron chi connectivity index (χ0n) is 11.7. The molecule has 0 aliphatic rings. The minimum Gasteiger partial charge on any atom is -0.395 e. The van der Waals surface area contributed by atoms with Gasteiger partial charge in [-0.3, -0.25) is 4.79 Å². The van der Waals surface area contributed by atoms with Gasteiger partial charge in [-0.25, -0.2) is 0 Å². The Balaban J connectivity index is 2.44. The van der Waals surface area contributed by atoms with Gasteiger partial charge in [0.05, 0.1) is 30.3 Å². The lowest BCUT2D eigenvalue weighted by Crippen LogP contribution is -2.34. The first-order valence-corrected chi connectivity index (χ1v) is 6.54. The minimum atomic E-state index is -0.127. The van der Waals surface area contributed by atoms with Crippen molar-refractivity contribution < 1.29 is 9.90 Å². The molecule has 2 rings (SSSR count). The Labute approximate surface area is 117 Å². The summed E-state index contributed by atoms with van der Waals surface area (Å²) in [6.07, 6.45) is 3.14. The largest absolute Gasteiger partial charge is 0.395 e. The summed E-state index contributed by atoms with van der Waals surface area (Å²) in [5.74, 6) is -0.127. The SMILES string of the molecule is CCN(CCO)C(=O)c1cc(C)ccc1-n1nccn1. The molecule has 0 unspecified atom stereocenters. The smallest absolute Gasteiger partial charge is 0.256 e. The van der Waals surface area contributed by atoms with E-state index in [1.807, 2.05) is 32.0 Å². The first-order chi connectivity index (χ1) is 9.67. The molecule has 0 atom stereocenters. The maximum Gasteiger partial charge on any atom is 0.256 e. The molecule has 0 radical (unpaired) electrons. The van der Waals surface area contributed by atoms with Crippen LogP contribution >= 0.6 is 0 Å². The molecule has 1 N–H and O–H groups in total. The van der Waals surface area contributed by atoms with Crippen molar-refractivity contribution in [3.05, 3.63) is 41.7 Å². The highest BCUT2D eigenvalue weighted by Crippen LogP contribution is 2.17. The van der Waals surface area contributed by atoms with E-state index in [1.54, 1.807) is 17.3 Å². The molecule has 20 heavy (non-hydrogen) atoms. The lowest BCUT2D eigenvalue weighted by Gasteiger charge is -2.21. The number of aryl methyl sites for hydroxylation is 1. The monoisotopic (exact) mass is 274 g/mol. The van der Waals surface area contributed by atoms with Crippen molar-refractivity contribution in [3.63, 3.8) is 0 Å². The molecule has 0 aliphatic heterocycles. The normalized spacial score (nSPS) is 10.6. The fourth-order valence-corrected chi connectivity index (χ4v) is 2.03. The molecule has 6 heteroatoms. The van der Waals surface area contributed by atoms with E-state index in [2.05, 4.69) is 10.2 Å². The Morgan fingerprint density at radius 2 is 2.05 bits per heavy atom. The van der Waals surface area contributed by atoms with E-state index >= 15 is 0 Å². The fourth-order valence-electron chi connectivity index (χ4n) is 2.03. The van der Waals surface area contributed by atoms with Crippen LogP contribution < -0.4 is 0 Å². The van der Waals surface area contributed by atoms with Crippen LogP contribution in [0.3, 0.4) is 0 Å². The summed E-state index contributed by atoms with van der Waals surface area (Å²) in [7, 11) is 0. The number of aromatic nitrogens is 3. The van der Waals surface area contributed by atoms with Gasteiger partial charge in [0.15, 0.2) is 0 Å². The number of rotatable bonds is 5. The fraction of sp³-hybridized carbons (Fsp3) is 0.357. The van der Waals surface area contributed by atoms with Crippen LogP contribution in [0, 0.1) is 6.92 Å². The average molecular weight is 274 g/mol. The number of benzene rings is 1. The summed E-state index contributed by atoms with van der Waals surface area (Å²) >= 11 is 0. The maximum absolute atomic E-state index is 12.6. The summed E-state index contributed by atoms with van der Waals surface area (Å²) in [6, 6.07) is 5.56. The number of aliphatic hydroxyl groups is 1. The molecule has 6 nitrogen and oxygen atoms in total.